The summed E-state index contributed by atoms with van der Waals surface area (Å²) in [6.07, 6.45) is 2.31. The van der Waals surface area contributed by atoms with E-state index in [1.165, 1.54) is 54.9 Å². The second-order valence-electron chi connectivity index (χ2n) is 11.3. The van der Waals surface area contributed by atoms with Crippen LogP contribution in [0.2, 0.25) is 0 Å². The zero-order chi connectivity index (χ0) is 29.2. The van der Waals surface area contributed by atoms with Crippen molar-refractivity contribution < 1.29 is 20.8 Å². The van der Waals surface area contributed by atoms with Crippen molar-refractivity contribution in [1.82, 2.24) is 0 Å². The molecule has 0 saturated heterocycles. The number of benzene rings is 4. The molecule has 0 radical (unpaired) electrons. The molecule has 0 saturated carbocycles. The SMILES string of the molecule is CC(C)Cc1cc2c(-c3ccccc3)cccc2[cH-]1.CC(C)Cc1cc2c(-c3ccccc3)cccc2[cH-]1.[Cl][Zr+2][Cl]. The number of hydrogen-bond donors (Lipinski definition) is 0. The molecule has 3 heteroatoms. The van der Waals surface area contributed by atoms with Gasteiger partial charge in [0.2, 0.25) is 0 Å². The van der Waals surface area contributed by atoms with Gasteiger partial charge in [0.25, 0.3) is 0 Å². The van der Waals surface area contributed by atoms with Gasteiger partial charge in [-0.25, -0.2) is 0 Å². The molecule has 0 aliphatic rings. The van der Waals surface area contributed by atoms with Crippen LogP contribution in [-0.4, -0.2) is 0 Å². The van der Waals surface area contributed by atoms with Crippen molar-refractivity contribution in [3.63, 3.8) is 0 Å². The minimum absolute atomic E-state index is 0.706. The van der Waals surface area contributed by atoms with Crippen LogP contribution in [0.5, 0.6) is 0 Å². The molecular weight excluding hydrogens is 619 g/mol. The summed E-state index contributed by atoms with van der Waals surface area (Å²) >= 11 is -0.826. The quantitative estimate of drug-likeness (QED) is 0.157. The van der Waals surface area contributed by atoms with Crippen molar-refractivity contribution in [3.8, 4) is 22.3 Å². The fraction of sp³-hybridized carbons (Fsp3) is 0.211. The Morgan fingerprint density at radius 3 is 1.24 bits per heavy atom. The predicted molar refractivity (Wildman–Crippen MR) is 179 cm³/mol. The third-order valence-electron chi connectivity index (χ3n) is 7.08. The average Bonchev–Trinajstić information content (AvgIpc) is 3.56. The van der Waals surface area contributed by atoms with Gasteiger partial charge in [0.05, 0.1) is 0 Å². The fourth-order valence-corrected chi connectivity index (χ4v) is 5.51. The van der Waals surface area contributed by atoms with Crippen LogP contribution >= 0.6 is 17.0 Å². The molecule has 0 aromatic heterocycles. The third kappa shape index (κ3) is 8.78. The van der Waals surface area contributed by atoms with E-state index in [4.69, 9.17) is 17.0 Å². The van der Waals surface area contributed by atoms with Crippen LogP contribution in [-0.2, 0) is 33.7 Å². The normalized spacial score (nSPS) is 10.7. The maximum atomic E-state index is 4.93. The van der Waals surface area contributed by atoms with Gasteiger partial charge < -0.3 is 0 Å². The Morgan fingerprint density at radius 2 is 0.902 bits per heavy atom. The second-order valence-corrected chi connectivity index (χ2v) is 15.1. The van der Waals surface area contributed by atoms with Crippen molar-refractivity contribution in [3.05, 3.63) is 132 Å². The van der Waals surface area contributed by atoms with Gasteiger partial charge in [-0.3, -0.25) is 0 Å². The van der Waals surface area contributed by atoms with Gasteiger partial charge in [0, 0.05) is 0 Å². The monoisotopic (exact) mass is 654 g/mol. The molecule has 6 aromatic rings. The van der Waals surface area contributed by atoms with Crippen LogP contribution in [0, 0.1) is 11.8 Å². The Morgan fingerprint density at radius 1 is 0.537 bits per heavy atom. The molecule has 0 spiro atoms. The molecule has 6 rings (SSSR count). The first kappa shape index (κ1) is 31.5. The molecule has 6 aromatic carbocycles. The van der Waals surface area contributed by atoms with Gasteiger partial charge in [-0.2, -0.15) is 12.1 Å². The Labute approximate surface area is 264 Å². The molecule has 0 aliphatic carbocycles. The summed E-state index contributed by atoms with van der Waals surface area (Å²) in [6, 6.07) is 43.9. The summed E-state index contributed by atoms with van der Waals surface area (Å²) in [5.41, 5.74) is 8.19. The summed E-state index contributed by atoms with van der Waals surface area (Å²) in [5, 5.41) is 5.47. The molecule has 0 N–H and O–H groups in total. The fourth-order valence-electron chi connectivity index (χ4n) is 5.51. The topological polar surface area (TPSA) is 0 Å². The summed E-state index contributed by atoms with van der Waals surface area (Å²) in [5.74, 6) is 1.41. The first-order valence-corrected chi connectivity index (χ1v) is 20.7. The number of fused-ring (bicyclic) bond motifs is 2. The van der Waals surface area contributed by atoms with Gasteiger partial charge in [0.15, 0.2) is 0 Å². The van der Waals surface area contributed by atoms with E-state index >= 15 is 0 Å². The van der Waals surface area contributed by atoms with Crippen molar-refractivity contribution in [2.75, 3.05) is 0 Å². The van der Waals surface area contributed by atoms with Gasteiger partial charge in [0.1, 0.15) is 0 Å². The van der Waals surface area contributed by atoms with Gasteiger partial charge in [-0.05, 0) is 35.8 Å². The Hall–Kier alpha value is -2.44. The zero-order valence-corrected chi connectivity index (χ0v) is 28.3. The van der Waals surface area contributed by atoms with Crippen molar-refractivity contribution in [2.24, 2.45) is 11.8 Å². The van der Waals surface area contributed by atoms with E-state index in [0.717, 1.165) is 12.8 Å². The summed E-state index contributed by atoms with van der Waals surface area (Å²) < 4.78 is 0. The van der Waals surface area contributed by atoms with E-state index in [1.54, 1.807) is 0 Å². The summed E-state index contributed by atoms with van der Waals surface area (Å²) in [6.45, 7) is 9.09. The molecule has 0 amide bonds. The van der Waals surface area contributed by atoms with Crippen molar-refractivity contribution in [2.45, 2.75) is 40.5 Å². The Bertz CT molecular complexity index is 1500. The van der Waals surface area contributed by atoms with Crippen LogP contribution < -0.4 is 0 Å². The minimum atomic E-state index is -0.826. The van der Waals surface area contributed by atoms with Crippen molar-refractivity contribution in [1.29, 1.82) is 0 Å². The maximum absolute atomic E-state index is 4.93. The predicted octanol–water partition coefficient (Wildman–Crippen LogP) is 12.2. The van der Waals surface area contributed by atoms with Crippen LogP contribution in [0.3, 0.4) is 0 Å². The average molecular weight is 657 g/mol. The third-order valence-corrected chi connectivity index (χ3v) is 7.08. The number of hydrogen-bond acceptors (Lipinski definition) is 0. The molecule has 0 heterocycles. The molecule has 0 unspecified atom stereocenters. The van der Waals surface area contributed by atoms with E-state index in [-0.39, 0.29) is 0 Å². The number of rotatable bonds is 6. The van der Waals surface area contributed by atoms with Crippen LogP contribution in [0.1, 0.15) is 38.8 Å². The first-order valence-electron chi connectivity index (χ1n) is 14.3. The van der Waals surface area contributed by atoms with E-state index in [9.17, 15) is 0 Å². The molecule has 0 aliphatic heterocycles. The molecule has 0 atom stereocenters. The molecule has 41 heavy (non-hydrogen) atoms. The van der Waals surface area contributed by atoms with E-state index < -0.39 is 20.8 Å². The Balaban J connectivity index is 0.000000173. The standard InChI is InChI=1S/2C19H19.2ClH.Zr/c2*1-14(2)11-15-12-17-9-6-10-18(19(17)13-15)16-7-4-3-5-8-16;;;/h2*3-10,12-14H,11H2,1-2H3;2*1H;/q2*-1;;;+4/p-2. The second kappa shape index (κ2) is 15.7. The van der Waals surface area contributed by atoms with Crippen LogP contribution in [0.15, 0.2) is 121 Å². The summed E-state index contributed by atoms with van der Waals surface area (Å²) in [4.78, 5) is 0. The first-order chi connectivity index (χ1) is 19.9. The van der Waals surface area contributed by atoms with Crippen LogP contribution in [0.4, 0.5) is 0 Å². The molecule has 0 bridgehead atoms. The van der Waals surface area contributed by atoms with E-state index in [2.05, 4.69) is 149 Å². The van der Waals surface area contributed by atoms with Crippen molar-refractivity contribution >= 4 is 38.6 Å². The van der Waals surface area contributed by atoms with E-state index in [1.807, 2.05) is 0 Å². The van der Waals surface area contributed by atoms with E-state index in [0.29, 0.717) is 11.8 Å². The van der Waals surface area contributed by atoms with Gasteiger partial charge >= 0.3 is 37.9 Å². The Kier molecular flexibility index (Phi) is 12.1. The molecule has 0 fully saturated rings. The molecular formula is C38H38Cl2Zr. The van der Waals surface area contributed by atoms with Gasteiger partial charge in [-0.15, -0.1) is 69.1 Å². The number of halogens is 2. The molecule has 208 valence electrons. The van der Waals surface area contributed by atoms with Crippen LogP contribution in [0.25, 0.3) is 43.8 Å². The molecule has 0 nitrogen and oxygen atoms in total. The summed E-state index contributed by atoms with van der Waals surface area (Å²) in [7, 11) is 9.87. The zero-order valence-electron chi connectivity index (χ0n) is 24.4. The van der Waals surface area contributed by atoms with Gasteiger partial charge in [-0.1, -0.05) is 112 Å².